The molecule has 0 spiro atoms. The first kappa shape index (κ1) is 20.8. The molecule has 1 aromatic heterocycles. The van der Waals surface area contributed by atoms with Gasteiger partial charge in [0.15, 0.2) is 11.5 Å². The van der Waals surface area contributed by atoms with Gasteiger partial charge in [-0.2, -0.15) is 5.10 Å². The molecule has 0 aliphatic carbocycles. The van der Waals surface area contributed by atoms with Crippen molar-refractivity contribution in [1.29, 1.82) is 0 Å². The van der Waals surface area contributed by atoms with Gasteiger partial charge in [-0.15, -0.1) is 0 Å². The van der Waals surface area contributed by atoms with Gasteiger partial charge in [-0.25, -0.2) is 0 Å². The lowest BCUT2D eigenvalue weighted by molar-refractivity contribution is 0.354. The van der Waals surface area contributed by atoms with Gasteiger partial charge < -0.3 is 19.5 Å². The van der Waals surface area contributed by atoms with E-state index in [4.69, 9.17) is 21.1 Å². The minimum atomic E-state index is 0.578. The Morgan fingerprint density at radius 1 is 0.968 bits per heavy atom. The average molecular weight is 434 g/mol. The second-order valence-electron chi connectivity index (χ2n) is 7.10. The van der Waals surface area contributed by atoms with Gasteiger partial charge in [-0.1, -0.05) is 54.1 Å². The van der Waals surface area contributed by atoms with Crippen LogP contribution in [-0.4, -0.2) is 25.0 Å². The van der Waals surface area contributed by atoms with E-state index < -0.39 is 0 Å². The number of nitrogens with one attached hydrogen (secondary N) is 1. The Hall–Kier alpha value is -3.44. The Morgan fingerprint density at radius 2 is 1.74 bits per heavy atom. The third-order valence-electron chi connectivity index (χ3n) is 5.14. The Labute approximate surface area is 186 Å². The molecular weight excluding hydrogens is 410 g/mol. The van der Waals surface area contributed by atoms with Crippen molar-refractivity contribution in [1.82, 2.24) is 9.99 Å². The Kier molecular flexibility index (Phi) is 6.43. The highest BCUT2D eigenvalue weighted by atomic mass is 35.5. The summed E-state index contributed by atoms with van der Waals surface area (Å²) >= 11 is 6.37. The van der Waals surface area contributed by atoms with Crippen LogP contribution in [0, 0.1) is 0 Å². The maximum atomic E-state index is 6.37. The molecule has 158 valence electrons. The first-order valence-electron chi connectivity index (χ1n) is 9.97. The van der Waals surface area contributed by atoms with Gasteiger partial charge in [0, 0.05) is 34.2 Å². The van der Waals surface area contributed by atoms with E-state index in [9.17, 15) is 0 Å². The van der Waals surface area contributed by atoms with Gasteiger partial charge in [0.05, 0.1) is 27.0 Å². The summed E-state index contributed by atoms with van der Waals surface area (Å²) < 4.78 is 12.8. The molecule has 0 amide bonds. The molecule has 0 fully saturated rings. The second-order valence-corrected chi connectivity index (χ2v) is 7.51. The van der Waals surface area contributed by atoms with Crippen molar-refractivity contribution < 1.29 is 9.47 Å². The number of aromatic nitrogens is 1. The molecule has 0 bridgehead atoms. The van der Waals surface area contributed by atoms with Crippen LogP contribution < -0.4 is 14.9 Å². The van der Waals surface area contributed by atoms with E-state index in [0.717, 1.165) is 32.6 Å². The first-order valence-corrected chi connectivity index (χ1v) is 10.4. The number of nitrogens with zero attached hydrogens (tertiary/aromatic N) is 2. The predicted octanol–water partition coefficient (Wildman–Crippen LogP) is 5.48. The molecule has 0 saturated heterocycles. The molecule has 4 rings (SSSR count). The lowest BCUT2D eigenvalue weighted by Gasteiger charge is -2.09. The van der Waals surface area contributed by atoms with Crippen molar-refractivity contribution in [3.63, 3.8) is 0 Å². The SMILES string of the molecule is COc1ccc(CN/N=C\c2cn(Cc3ccccc3Cl)c3ccccc23)cc1OC. The molecule has 1 heterocycles. The summed E-state index contributed by atoms with van der Waals surface area (Å²) in [6.45, 7) is 1.28. The number of hydrogen-bond donors (Lipinski definition) is 1. The monoisotopic (exact) mass is 433 g/mol. The minimum Gasteiger partial charge on any atom is -0.493 e. The molecule has 6 heteroatoms. The summed E-state index contributed by atoms with van der Waals surface area (Å²) in [5.74, 6) is 1.41. The van der Waals surface area contributed by atoms with Crippen LogP contribution in [0.5, 0.6) is 11.5 Å². The summed E-state index contributed by atoms with van der Waals surface area (Å²) in [5, 5.41) is 6.35. The number of halogens is 1. The van der Waals surface area contributed by atoms with Crippen molar-refractivity contribution in [2.75, 3.05) is 14.2 Å². The highest BCUT2D eigenvalue weighted by Gasteiger charge is 2.09. The molecule has 31 heavy (non-hydrogen) atoms. The van der Waals surface area contributed by atoms with E-state index in [2.05, 4.69) is 39.5 Å². The third-order valence-corrected chi connectivity index (χ3v) is 5.51. The molecule has 3 aromatic carbocycles. The topological polar surface area (TPSA) is 47.8 Å². The van der Waals surface area contributed by atoms with Crippen molar-refractivity contribution in [2.45, 2.75) is 13.1 Å². The zero-order valence-electron chi connectivity index (χ0n) is 17.5. The van der Waals surface area contributed by atoms with E-state index in [1.165, 1.54) is 0 Å². The normalized spacial score (nSPS) is 11.2. The fourth-order valence-electron chi connectivity index (χ4n) is 3.56. The molecular formula is C25H24ClN3O2. The maximum Gasteiger partial charge on any atom is 0.161 e. The van der Waals surface area contributed by atoms with Crippen LogP contribution in [0.3, 0.4) is 0 Å². The summed E-state index contributed by atoms with van der Waals surface area (Å²) in [4.78, 5) is 0. The molecule has 0 saturated carbocycles. The van der Waals surface area contributed by atoms with Crippen LogP contribution in [0.15, 0.2) is 78.0 Å². The molecule has 0 radical (unpaired) electrons. The first-order chi connectivity index (χ1) is 15.2. The van der Waals surface area contributed by atoms with Crippen LogP contribution in [-0.2, 0) is 13.1 Å². The standard InChI is InChI=1S/C25H24ClN3O2/c1-30-24-12-11-18(13-25(24)31-2)14-27-28-15-20-17-29(23-10-6-4-8-21(20)23)16-19-7-3-5-9-22(19)26/h3-13,15,17,27H,14,16H2,1-2H3/b28-15-. The zero-order valence-corrected chi connectivity index (χ0v) is 18.3. The summed E-state index contributed by atoms with van der Waals surface area (Å²) in [6.07, 6.45) is 3.96. The van der Waals surface area contributed by atoms with Crippen molar-refractivity contribution in [3.8, 4) is 11.5 Å². The van der Waals surface area contributed by atoms with E-state index in [1.807, 2.05) is 54.7 Å². The highest BCUT2D eigenvalue weighted by Crippen LogP contribution is 2.27. The quantitative estimate of drug-likeness (QED) is 0.295. The van der Waals surface area contributed by atoms with E-state index in [0.29, 0.717) is 24.6 Å². The highest BCUT2D eigenvalue weighted by molar-refractivity contribution is 6.31. The van der Waals surface area contributed by atoms with Gasteiger partial charge in [0.2, 0.25) is 0 Å². The van der Waals surface area contributed by atoms with Gasteiger partial charge >= 0.3 is 0 Å². The number of hydrogen-bond acceptors (Lipinski definition) is 4. The molecule has 4 aromatic rings. The Morgan fingerprint density at radius 3 is 2.55 bits per heavy atom. The van der Waals surface area contributed by atoms with Crippen LogP contribution in [0.4, 0.5) is 0 Å². The average Bonchev–Trinajstić information content (AvgIpc) is 3.15. The predicted molar refractivity (Wildman–Crippen MR) is 126 cm³/mol. The number of ether oxygens (including phenoxy) is 2. The second kappa shape index (κ2) is 9.58. The van der Waals surface area contributed by atoms with E-state index >= 15 is 0 Å². The van der Waals surface area contributed by atoms with Crippen molar-refractivity contribution >= 4 is 28.7 Å². The lowest BCUT2D eigenvalue weighted by Crippen LogP contribution is -2.06. The van der Waals surface area contributed by atoms with Crippen LogP contribution in [0.1, 0.15) is 16.7 Å². The number of fused-ring (bicyclic) bond motifs is 1. The number of rotatable bonds is 8. The summed E-state index contributed by atoms with van der Waals surface area (Å²) in [7, 11) is 3.26. The Bertz CT molecular complexity index is 1220. The molecule has 0 atom stereocenters. The number of para-hydroxylation sites is 1. The van der Waals surface area contributed by atoms with Crippen LogP contribution in [0.2, 0.25) is 5.02 Å². The molecule has 0 aliphatic rings. The number of hydrazone groups is 1. The van der Waals surface area contributed by atoms with Crippen molar-refractivity contribution in [2.24, 2.45) is 5.10 Å². The fraction of sp³-hybridized carbons (Fsp3) is 0.160. The zero-order chi connectivity index (χ0) is 21.6. The molecule has 0 unspecified atom stereocenters. The largest absolute Gasteiger partial charge is 0.493 e. The smallest absolute Gasteiger partial charge is 0.161 e. The lowest BCUT2D eigenvalue weighted by atomic mass is 10.2. The van der Waals surface area contributed by atoms with Crippen molar-refractivity contribution in [3.05, 3.63) is 94.6 Å². The van der Waals surface area contributed by atoms with Gasteiger partial charge in [0.1, 0.15) is 0 Å². The molecule has 5 nitrogen and oxygen atoms in total. The molecule has 0 aliphatic heterocycles. The van der Waals surface area contributed by atoms with E-state index in [-0.39, 0.29) is 0 Å². The maximum absolute atomic E-state index is 6.37. The fourth-order valence-corrected chi connectivity index (χ4v) is 3.76. The van der Waals surface area contributed by atoms with Gasteiger partial charge in [0.25, 0.3) is 0 Å². The van der Waals surface area contributed by atoms with Crippen LogP contribution in [0.25, 0.3) is 10.9 Å². The van der Waals surface area contributed by atoms with E-state index in [1.54, 1.807) is 14.2 Å². The summed E-state index contributed by atoms with van der Waals surface area (Å²) in [6, 6.07) is 22.0. The third kappa shape index (κ3) is 4.67. The van der Waals surface area contributed by atoms with Gasteiger partial charge in [-0.3, -0.25) is 0 Å². The minimum absolute atomic E-state index is 0.578. The molecule has 1 N–H and O–H groups in total. The number of benzene rings is 3. The Balaban J connectivity index is 1.51. The number of methoxy groups -OCH3 is 2. The summed E-state index contributed by atoms with van der Waals surface area (Å²) in [5.41, 5.74) is 7.44. The van der Waals surface area contributed by atoms with Crippen LogP contribution >= 0.6 is 11.6 Å². The van der Waals surface area contributed by atoms with Gasteiger partial charge in [-0.05, 0) is 35.4 Å².